The Hall–Kier alpha value is -1.35. The SMILES string of the molecule is COCCNC(=O)CNC(C)(C(=O)O)C(F)(F)F. The van der Waals surface area contributed by atoms with Gasteiger partial charge in [-0.1, -0.05) is 0 Å². The highest BCUT2D eigenvalue weighted by molar-refractivity contribution is 5.82. The van der Waals surface area contributed by atoms with Gasteiger partial charge in [0.2, 0.25) is 11.4 Å². The average molecular weight is 272 g/mol. The predicted octanol–water partition coefficient (Wildman–Crippen LogP) is -0.256. The van der Waals surface area contributed by atoms with Gasteiger partial charge in [-0.25, -0.2) is 4.79 Å². The van der Waals surface area contributed by atoms with E-state index in [0.717, 1.165) is 0 Å². The molecule has 1 unspecified atom stereocenters. The molecular formula is C9H15F3N2O4. The van der Waals surface area contributed by atoms with E-state index >= 15 is 0 Å². The second-order valence-electron chi connectivity index (χ2n) is 3.62. The van der Waals surface area contributed by atoms with E-state index in [1.807, 2.05) is 0 Å². The number of carboxylic acid groups (broad SMARTS) is 1. The summed E-state index contributed by atoms with van der Waals surface area (Å²) in [4.78, 5) is 21.7. The summed E-state index contributed by atoms with van der Waals surface area (Å²) in [5.41, 5.74) is -3.16. The summed E-state index contributed by atoms with van der Waals surface area (Å²) in [6.07, 6.45) is -5.01. The lowest BCUT2D eigenvalue weighted by molar-refractivity contribution is -0.205. The van der Waals surface area contributed by atoms with E-state index in [0.29, 0.717) is 6.92 Å². The molecule has 3 N–H and O–H groups in total. The van der Waals surface area contributed by atoms with Crippen molar-refractivity contribution >= 4 is 11.9 Å². The molecule has 18 heavy (non-hydrogen) atoms. The molecule has 9 heteroatoms. The van der Waals surface area contributed by atoms with Gasteiger partial charge in [-0.2, -0.15) is 13.2 Å². The van der Waals surface area contributed by atoms with Gasteiger partial charge in [-0.3, -0.25) is 10.1 Å². The van der Waals surface area contributed by atoms with Gasteiger partial charge in [-0.05, 0) is 6.92 Å². The van der Waals surface area contributed by atoms with Crippen LogP contribution in [0.5, 0.6) is 0 Å². The van der Waals surface area contributed by atoms with Crippen molar-refractivity contribution in [2.45, 2.75) is 18.6 Å². The second kappa shape index (κ2) is 6.55. The van der Waals surface area contributed by atoms with Crippen LogP contribution in [0.4, 0.5) is 13.2 Å². The van der Waals surface area contributed by atoms with E-state index < -0.39 is 30.1 Å². The van der Waals surface area contributed by atoms with Crippen LogP contribution in [-0.2, 0) is 14.3 Å². The Kier molecular flexibility index (Phi) is 6.06. The first-order valence-electron chi connectivity index (χ1n) is 4.96. The van der Waals surface area contributed by atoms with E-state index in [1.165, 1.54) is 7.11 Å². The summed E-state index contributed by atoms with van der Waals surface area (Å²) >= 11 is 0. The number of carbonyl (C=O) groups excluding carboxylic acids is 1. The van der Waals surface area contributed by atoms with Crippen molar-refractivity contribution in [3.8, 4) is 0 Å². The van der Waals surface area contributed by atoms with Crippen LogP contribution in [0.1, 0.15) is 6.92 Å². The quantitative estimate of drug-likeness (QED) is 0.556. The number of hydrogen-bond acceptors (Lipinski definition) is 4. The number of alkyl halides is 3. The summed E-state index contributed by atoms with van der Waals surface area (Å²) in [6, 6.07) is 0. The number of rotatable bonds is 7. The molecule has 0 saturated carbocycles. The lowest BCUT2D eigenvalue weighted by Gasteiger charge is -2.28. The van der Waals surface area contributed by atoms with Gasteiger partial charge >= 0.3 is 12.1 Å². The van der Waals surface area contributed by atoms with Crippen LogP contribution in [-0.4, -0.2) is 55.5 Å². The Morgan fingerprint density at radius 2 is 1.89 bits per heavy atom. The topological polar surface area (TPSA) is 87.7 Å². The highest BCUT2D eigenvalue weighted by atomic mass is 19.4. The second-order valence-corrected chi connectivity index (χ2v) is 3.62. The minimum atomic E-state index is -5.01. The first kappa shape index (κ1) is 16.6. The Labute approximate surface area is 101 Å². The average Bonchev–Trinajstić information content (AvgIpc) is 2.24. The van der Waals surface area contributed by atoms with Gasteiger partial charge in [0.05, 0.1) is 13.2 Å². The molecule has 0 aliphatic rings. The third-order valence-electron chi connectivity index (χ3n) is 2.23. The Morgan fingerprint density at radius 3 is 2.28 bits per heavy atom. The molecule has 0 aliphatic heterocycles. The summed E-state index contributed by atoms with van der Waals surface area (Å²) in [7, 11) is 1.40. The fourth-order valence-corrected chi connectivity index (χ4v) is 0.909. The number of hydrogen-bond donors (Lipinski definition) is 3. The van der Waals surface area contributed by atoms with E-state index in [2.05, 4.69) is 10.1 Å². The van der Waals surface area contributed by atoms with Crippen LogP contribution in [0.3, 0.4) is 0 Å². The van der Waals surface area contributed by atoms with Gasteiger partial charge in [0.1, 0.15) is 0 Å². The number of aliphatic carboxylic acids is 1. The van der Waals surface area contributed by atoms with Crippen LogP contribution >= 0.6 is 0 Å². The van der Waals surface area contributed by atoms with E-state index in [-0.39, 0.29) is 13.2 Å². The zero-order valence-corrected chi connectivity index (χ0v) is 9.93. The zero-order chi connectivity index (χ0) is 14.4. The molecule has 0 aromatic heterocycles. The third-order valence-corrected chi connectivity index (χ3v) is 2.23. The summed E-state index contributed by atoms with van der Waals surface area (Å²) in [5.74, 6) is -2.84. The molecule has 1 atom stereocenters. The van der Waals surface area contributed by atoms with Gasteiger partial charge in [-0.15, -0.1) is 0 Å². The molecule has 0 saturated heterocycles. The van der Waals surface area contributed by atoms with Crippen molar-refractivity contribution in [1.82, 2.24) is 10.6 Å². The lowest BCUT2D eigenvalue weighted by atomic mass is 10.0. The Morgan fingerprint density at radius 1 is 1.33 bits per heavy atom. The lowest BCUT2D eigenvalue weighted by Crippen LogP contribution is -2.61. The number of carboxylic acids is 1. The van der Waals surface area contributed by atoms with Crippen LogP contribution in [0, 0.1) is 0 Å². The smallest absolute Gasteiger partial charge is 0.417 e. The number of ether oxygens (including phenoxy) is 1. The maximum Gasteiger partial charge on any atom is 0.417 e. The van der Waals surface area contributed by atoms with Crippen molar-refractivity contribution < 1.29 is 32.6 Å². The highest BCUT2D eigenvalue weighted by Gasteiger charge is 2.57. The zero-order valence-electron chi connectivity index (χ0n) is 9.93. The largest absolute Gasteiger partial charge is 0.480 e. The van der Waals surface area contributed by atoms with E-state index in [1.54, 1.807) is 5.32 Å². The normalized spacial score (nSPS) is 14.9. The van der Waals surface area contributed by atoms with Crippen molar-refractivity contribution in [3.63, 3.8) is 0 Å². The van der Waals surface area contributed by atoms with Crippen LogP contribution in [0.25, 0.3) is 0 Å². The number of nitrogens with one attached hydrogen (secondary N) is 2. The Bertz CT molecular complexity index is 309. The molecule has 0 aromatic rings. The van der Waals surface area contributed by atoms with E-state index in [4.69, 9.17) is 5.11 Å². The van der Waals surface area contributed by atoms with Crippen LogP contribution in [0.15, 0.2) is 0 Å². The maximum absolute atomic E-state index is 12.5. The summed E-state index contributed by atoms with van der Waals surface area (Å²) in [6.45, 7) is 0.0395. The highest BCUT2D eigenvalue weighted by Crippen LogP contribution is 2.30. The summed E-state index contributed by atoms with van der Waals surface area (Å²) < 4.78 is 42.2. The molecule has 0 bridgehead atoms. The molecule has 0 spiro atoms. The molecule has 0 radical (unpaired) electrons. The fraction of sp³-hybridized carbons (Fsp3) is 0.778. The maximum atomic E-state index is 12.5. The molecule has 0 rings (SSSR count). The van der Waals surface area contributed by atoms with Gasteiger partial charge in [0.15, 0.2) is 0 Å². The number of amides is 1. The van der Waals surface area contributed by atoms with Crippen molar-refractivity contribution in [2.75, 3.05) is 26.8 Å². The summed E-state index contributed by atoms with van der Waals surface area (Å²) in [5, 5.41) is 12.5. The molecule has 6 nitrogen and oxygen atoms in total. The third kappa shape index (κ3) is 4.49. The fourth-order valence-electron chi connectivity index (χ4n) is 0.909. The number of halogens is 3. The number of methoxy groups -OCH3 is 1. The predicted molar refractivity (Wildman–Crippen MR) is 55.0 cm³/mol. The number of carbonyl (C=O) groups is 2. The minimum absolute atomic E-state index is 0.132. The molecular weight excluding hydrogens is 257 g/mol. The van der Waals surface area contributed by atoms with Gasteiger partial charge < -0.3 is 15.2 Å². The molecule has 106 valence electrons. The minimum Gasteiger partial charge on any atom is -0.480 e. The van der Waals surface area contributed by atoms with Crippen molar-refractivity contribution in [1.29, 1.82) is 0 Å². The van der Waals surface area contributed by atoms with Gasteiger partial charge in [0.25, 0.3) is 0 Å². The van der Waals surface area contributed by atoms with Crippen molar-refractivity contribution in [2.24, 2.45) is 0 Å². The Balaban J connectivity index is 4.38. The molecule has 0 fully saturated rings. The first-order chi connectivity index (χ1) is 8.15. The van der Waals surface area contributed by atoms with Crippen LogP contribution in [0.2, 0.25) is 0 Å². The molecule has 1 amide bonds. The van der Waals surface area contributed by atoms with Gasteiger partial charge in [0, 0.05) is 13.7 Å². The molecule has 0 aromatic carbocycles. The standard InChI is InChI=1S/C9H15F3N2O4/c1-8(7(16)17,9(10,11)12)14-5-6(15)13-3-4-18-2/h14H,3-5H2,1-2H3,(H,13,15)(H,16,17). The van der Waals surface area contributed by atoms with Crippen LogP contribution < -0.4 is 10.6 Å². The van der Waals surface area contributed by atoms with Crippen molar-refractivity contribution in [3.05, 3.63) is 0 Å². The van der Waals surface area contributed by atoms with E-state index in [9.17, 15) is 22.8 Å². The monoisotopic (exact) mass is 272 g/mol. The first-order valence-corrected chi connectivity index (χ1v) is 4.96. The molecule has 0 aliphatic carbocycles. The molecule has 0 heterocycles.